The van der Waals surface area contributed by atoms with Crippen molar-refractivity contribution in [3.63, 3.8) is 0 Å². The van der Waals surface area contributed by atoms with Gasteiger partial charge in [-0.1, -0.05) is 32.0 Å². The highest BCUT2D eigenvalue weighted by Gasteiger charge is 2.39. The van der Waals surface area contributed by atoms with E-state index in [1.807, 2.05) is 17.8 Å². The molecule has 1 unspecified atom stereocenters. The fraction of sp³-hybridized carbons (Fsp3) is 0.571. The summed E-state index contributed by atoms with van der Waals surface area (Å²) in [4.78, 5) is 0. The molecule has 0 aliphatic carbocycles. The third-order valence-electron chi connectivity index (χ3n) is 3.26. The van der Waals surface area contributed by atoms with Gasteiger partial charge >= 0.3 is 0 Å². The number of hydrogen-bond acceptors (Lipinski definition) is 3. The van der Waals surface area contributed by atoms with Gasteiger partial charge in [-0.05, 0) is 29.7 Å². The lowest BCUT2D eigenvalue weighted by atomic mass is 9.79. The van der Waals surface area contributed by atoms with Gasteiger partial charge in [0.1, 0.15) is 0 Å². The molecule has 1 saturated heterocycles. The largest absolute Gasteiger partial charge is 0.377 e. The maximum absolute atomic E-state index is 6.03. The summed E-state index contributed by atoms with van der Waals surface area (Å²) < 4.78 is 0. The molecule has 1 aromatic carbocycles. The normalized spacial score (nSPS) is 27.7. The first-order valence-electron chi connectivity index (χ1n) is 6.16. The topological polar surface area (TPSA) is 38.0 Å². The van der Waals surface area contributed by atoms with Gasteiger partial charge in [-0.25, -0.2) is 0 Å². The predicted molar refractivity (Wildman–Crippen MR) is 77.6 cm³/mol. The molecule has 17 heavy (non-hydrogen) atoms. The van der Waals surface area contributed by atoms with Gasteiger partial charge in [0.05, 0.1) is 5.54 Å². The van der Waals surface area contributed by atoms with Crippen molar-refractivity contribution < 1.29 is 0 Å². The monoisotopic (exact) mass is 250 g/mol. The van der Waals surface area contributed by atoms with Gasteiger partial charge in [-0.3, -0.25) is 0 Å². The second-order valence-corrected chi connectivity index (χ2v) is 6.79. The minimum Gasteiger partial charge on any atom is -0.377 e. The fourth-order valence-electron chi connectivity index (χ4n) is 2.63. The molecule has 0 amide bonds. The molecule has 0 saturated carbocycles. The second kappa shape index (κ2) is 4.91. The smallest absolute Gasteiger partial charge is 0.0591 e. The van der Waals surface area contributed by atoms with E-state index in [1.54, 1.807) is 0 Å². The third kappa shape index (κ3) is 3.17. The number of nitrogens with one attached hydrogen (secondary N) is 1. The lowest BCUT2D eigenvalue weighted by molar-refractivity contribution is 0.290. The average molecular weight is 250 g/mol. The van der Waals surface area contributed by atoms with Gasteiger partial charge in [0, 0.05) is 18.0 Å². The van der Waals surface area contributed by atoms with Gasteiger partial charge < -0.3 is 11.1 Å². The highest BCUT2D eigenvalue weighted by molar-refractivity contribution is 7.99. The van der Waals surface area contributed by atoms with Gasteiger partial charge in [-0.15, -0.1) is 0 Å². The van der Waals surface area contributed by atoms with Gasteiger partial charge in [0.15, 0.2) is 0 Å². The number of benzene rings is 1. The summed E-state index contributed by atoms with van der Waals surface area (Å²) in [5.41, 5.74) is 7.62. The van der Waals surface area contributed by atoms with Crippen LogP contribution in [0.5, 0.6) is 0 Å². The van der Waals surface area contributed by atoms with E-state index in [1.165, 1.54) is 11.4 Å². The van der Waals surface area contributed by atoms with E-state index in [9.17, 15) is 0 Å². The number of nitrogens with two attached hydrogens (primary N) is 1. The summed E-state index contributed by atoms with van der Waals surface area (Å²) in [6.07, 6.45) is 1.14. The zero-order valence-corrected chi connectivity index (χ0v) is 11.5. The fourth-order valence-corrected chi connectivity index (χ4v) is 4.07. The molecule has 1 atom stereocenters. The van der Waals surface area contributed by atoms with Crippen LogP contribution in [0.15, 0.2) is 30.3 Å². The molecule has 1 aromatic rings. The summed E-state index contributed by atoms with van der Waals surface area (Å²) in [6, 6.07) is 10.4. The van der Waals surface area contributed by atoms with Gasteiger partial charge in [0.2, 0.25) is 0 Å². The van der Waals surface area contributed by atoms with Crippen LogP contribution in [0.2, 0.25) is 0 Å². The molecular weight excluding hydrogens is 228 g/mol. The van der Waals surface area contributed by atoms with Gasteiger partial charge in [0.25, 0.3) is 0 Å². The highest BCUT2D eigenvalue weighted by atomic mass is 32.2. The molecule has 0 spiro atoms. The minimum atomic E-state index is 0.0494. The van der Waals surface area contributed by atoms with E-state index in [0.29, 0.717) is 12.0 Å². The number of anilines is 1. The maximum Gasteiger partial charge on any atom is 0.0591 e. The molecule has 0 radical (unpaired) electrons. The minimum absolute atomic E-state index is 0.0494. The lowest BCUT2D eigenvalue weighted by Crippen LogP contribution is -2.53. The molecule has 2 rings (SSSR count). The Balaban J connectivity index is 2.14. The Bertz CT molecular complexity index is 364. The second-order valence-electron chi connectivity index (χ2n) is 5.81. The van der Waals surface area contributed by atoms with Crippen LogP contribution in [-0.2, 0) is 0 Å². The SMILES string of the molecule is CC1(C)CSCC(CN)(Nc2ccccc2)C1. The maximum atomic E-state index is 6.03. The quantitative estimate of drug-likeness (QED) is 0.866. The molecule has 3 heteroatoms. The zero-order valence-electron chi connectivity index (χ0n) is 10.7. The van der Waals surface area contributed by atoms with Crippen LogP contribution >= 0.6 is 11.8 Å². The van der Waals surface area contributed by atoms with Crippen molar-refractivity contribution in [2.24, 2.45) is 11.1 Å². The number of thioether (sulfide) groups is 1. The zero-order chi connectivity index (χ0) is 12.4. The Kier molecular flexibility index (Phi) is 3.69. The van der Waals surface area contributed by atoms with Crippen LogP contribution < -0.4 is 11.1 Å². The van der Waals surface area contributed by atoms with Crippen molar-refractivity contribution in [1.82, 2.24) is 0 Å². The molecule has 1 aliphatic heterocycles. The van der Waals surface area contributed by atoms with Crippen molar-refractivity contribution in [2.75, 3.05) is 23.4 Å². The van der Waals surface area contributed by atoms with Crippen LogP contribution in [0.4, 0.5) is 5.69 Å². The lowest BCUT2D eigenvalue weighted by Gasteiger charge is -2.45. The first-order chi connectivity index (χ1) is 8.05. The molecule has 0 bridgehead atoms. The first kappa shape index (κ1) is 12.8. The standard InChI is InChI=1S/C14H22N2S/c1-13(2)8-14(9-15,11-17-10-13)16-12-6-4-3-5-7-12/h3-7,16H,8-11,15H2,1-2H3. The molecule has 1 fully saturated rings. The Morgan fingerprint density at radius 1 is 1.24 bits per heavy atom. The summed E-state index contributed by atoms with van der Waals surface area (Å²) >= 11 is 2.01. The summed E-state index contributed by atoms with van der Waals surface area (Å²) in [7, 11) is 0. The molecule has 2 nitrogen and oxygen atoms in total. The summed E-state index contributed by atoms with van der Waals surface area (Å²) in [5.74, 6) is 2.33. The molecule has 94 valence electrons. The molecule has 1 aliphatic rings. The highest BCUT2D eigenvalue weighted by Crippen LogP contribution is 2.40. The van der Waals surface area contributed by atoms with Crippen molar-refractivity contribution in [3.8, 4) is 0 Å². The van der Waals surface area contributed by atoms with Crippen LogP contribution in [0, 0.1) is 5.41 Å². The molecule has 3 N–H and O–H groups in total. The first-order valence-corrected chi connectivity index (χ1v) is 7.32. The Hall–Kier alpha value is -0.670. The number of para-hydroxylation sites is 1. The number of hydrogen-bond donors (Lipinski definition) is 2. The third-order valence-corrected chi connectivity index (χ3v) is 5.00. The van der Waals surface area contributed by atoms with Crippen molar-refractivity contribution in [3.05, 3.63) is 30.3 Å². The number of rotatable bonds is 3. The van der Waals surface area contributed by atoms with Crippen molar-refractivity contribution >= 4 is 17.4 Å². The van der Waals surface area contributed by atoms with Crippen LogP contribution in [0.3, 0.4) is 0 Å². The Morgan fingerprint density at radius 2 is 1.94 bits per heavy atom. The van der Waals surface area contributed by atoms with E-state index in [0.717, 1.165) is 12.2 Å². The van der Waals surface area contributed by atoms with E-state index < -0.39 is 0 Å². The molecule has 0 aromatic heterocycles. The molecule has 1 heterocycles. The summed E-state index contributed by atoms with van der Waals surface area (Å²) in [6.45, 7) is 5.35. The van der Waals surface area contributed by atoms with Crippen LogP contribution in [0.1, 0.15) is 20.3 Å². The Labute approximate surface area is 108 Å². The summed E-state index contributed by atoms with van der Waals surface area (Å²) in [5, 5.41) is 3.65. The van der Waals surface area contributed by atoms with Gasteiger partial charge in [-0.2, -0.15) is 11.8 Å². The molecular formula is C14H22N2S. The van der Waals surface area contributed by atoms with Crippen LogP contribution in [0.25, 0.3) is 0 Å². The predicted octanol–water partition coefficient (Wildman–Crippen LogP) is 2.96. The van der Waals surface area contributed by atoms with Crippen molar-refractivity contribution in [1.29, 1.82) is 0 Å². The van der Waals surface area contributed by atoms with E-state index >= 15 is 0 Å². The Morgan fingerprint density at radius 3 is 2.53 bits per heavy atom. The van der Waals surface area contributed by atoms with E-state index in [-0.39, 0.29) is 5.54 Å². The van der Waals surface area contributed by atoms with Crippen molar-refractivity contribution in [2.45, 2.75) is 25.8 Å². The van der Waals surface area contributed by atoms with Crippen LogP contribution in [-0.4, -0.2) is 23.6 Å². The van der Waals surface area contributed by atoms with E-state index in [4.69, 9.17) is 5.73 Å². The average Bonchev–Trinajstić information content (AvgIpc) is 2.29. The van der Waals surface area contributed by atoms with E-state index in [2.05, 4.69) is 43.4 Å².